The van der Waals surface area contributed by atoms with Crippen molar-refractivity contribution in [2.45, 2.75) is 19.1 Å². The normalized spacial score (nSPS) is 14.8. The fourth-order valence-electron chi connectivity index (χ4n) is 13.7. The first-order chi connectivity index (χ1) is 41.9. The molecule has 0 amide bonds. The van der Waals surface area contributed by atoms with E-state index < -0.39 is 27.2 Å². The van der Waals surface area contributed by atoms with Crippen LogP contribution in [0.4, 0.5) is 0 Å². The molecule has 1 spiro atoms. The summed E-state index contributed by atoms with van der Waals surface area (Å²) in [5.41, 5.74) is 9.98. The summed E-state index contributed by atoms with van der Waals surface area (Å²) in [7, 11) is -3.53. The van der Waals surface area contributed by atoms with Crippen molar-refractivity contribution in [2.24, 2.45) is 0 Å². The van der Waals surface area contributed by atoms with Crippen molar-refractivity contribution >= 4 is 84.5 Å². The number of hydrogen-bond acceptors (Lipinski definition) is 4. The molecule has 0 aliphatic carbocycles. The van der Waals surface area contributed by atoms with E-state index in [-0.39, 0.29) is 11.1 Å². The third-order valence-electron chi connectivity index (χ3n) is 16.9. The summed E-state index contributed by atoms with van der Waals surface area (Å²) < 4.78 is 75.2. The van der Waals surface area contributed by atoms with Gasteiger partial charge in [0, 0.05) is 36.2 Å². The van der Waals surface area contributed by atoms with Gasteiger partial charge in [-0.3, -0.25) is 17.9 Å². The van der Waals surface area contributed by atoms with E-state index in [1.54, 1.807) is 18.2 Å². The van der Waals surface area contributed by atoms with Crippen LogP contribution < -0.4 is 30.2 Å². The van der Waals surface area contributed by atoms with E-state index in [4.69, 9.17) is 27.7 Å². The van der Waals surface area contributed by atoms with Gasteiger partial charge in [0.05, 0.1) is 55.2 Å². The van der Waals surface area contributed by atoms with Crippen molar-refractivity contribution in [1.82, 2.24) is 27.9 Å². The second-order valence-corrected chi connectivity index (χ2v) is 24.6. The minimum atomic E-state index is -3.53. The molecule has 0 bridgehead atoms. The number of nitrogens with zero attached hydrogens (tertiary/aromatic N) is 6. The van der Waals surface area contributed by atoms with Crippen LogP contribution in [0.2, 0.25) is 0 Å². The number of benzene rings is 11. The summed E-state index contributed by atoms with van der Waals surface area (Å²) in [6.07, 6.45) is 0. The second-order valence-electron chi connectivity index (χ2n) is 20.8. The average Bonchev–Trinajstić information content (AvgIpc) is 1.58. The first kappa shape index (κ1) is 39.2. The maximum Gasteiger partial charge on any atom is 0.220 e. The van der Waals surface area contributed by atoms with Crippen LogP contribution in [0.15, 0.2) is 255 Å². The Labute approximate surface area is 469 Å². The van der Waals surface area contributed by atoms with E-state index in [1.165, 1.54) is 0 Å². The number of para-hydroxylation sites is 9. The van der Waals surface area contributed by atoms with Gasteiger partial charge in [-0.05, 0) is 118 Å². The lowest BCUT2D eigenvalue weighted by Crippen LogP contribution is -2.75. The zero-order valence-corrected chi connectivity index (χ0v) is 43.7. The van der Waals surface area contributed by atoms with Crippen LogP contribution in [-0.4, -0.2) is 36.0 Å². The smallest absolute Gasteiger partial charge is 0.220 e. The number of fused-ring (bicyclic) bond motifs is 18. The van der Waals surface area contributed by atoms with Crippen LogP contribution >= 0.6 is 0 Å². The molecule has 2 aliphatic rings. The number of imidazole rings is 4. The monoisotopic (exact) mass is 1050 g/mol. The molecule has 0 unspecified atom stereocenters. The highest BCUT2D eigenvalue weighted by atomic mass is 28.3. The fraction of sp³-hybridized carbons (Fsp3) is 0.0423. The van der Waals surface area contributed by atoms with Crippen LogP contribution in [0.1, 0.15) is 41.6 Å². The van der Waals surface area contributed by atoms with Crippen LogP contribution in [0.25, 0.3) is 67.1 Å². The lowest BCUT2D eigenvalue weighted by molar-refractivity contribution is 0.401. The minimum absolute atomic E-state index is 0.0656. The summed E-state index contributed by atoms with van der Waals surface area (Å²) in [4.78, 5) is 10.5. The Morgan fingerprint density at radius 1 is 0.375 bits per heavy atom. The number of aromatic nitrogens is 6. The molecule has 0 radical (unpaired) electrons. The van der Waals surface area contributed by atoms with Gasteiger partial charge in [-0.15, -0.1) is 0 Å². The first-order valence-corrected chi connectivity index (χ1v) is 28.8. The predicted octanol–water partition coefficient (Wildman–Crippen LogP) is 13.8. The fourth-order valence-corrected chi connectivity index (χ4v) is 18.6. The molecule has 0 saturated carbocycles. The maximum absolute atomic E-state index is 9.15. The van der Waals surface area contributed by atoms with Crippen LogP contribution in [0.5, 0.6) is 23.0 Å². The van der Waals surface area contributed by atoms with Crippen molar-refractivity contribution in [3.63, 3.8) is 0 Å². The molecule has 0 atom stereocenters. The molecule has 8 nitrogen and oxygen atoms in total. The van der Waals surface area contributed by atoms with Crippen LogP contribution in [0, 0.1) is 13.7 Å². The standard InChI is InChI=1S/C71H48N6O2Si/c1-45-22-19-37-60-66(45)72-70-75(57-34-13-14-35-58(57)76(60)70)48-42-46(2)67-61(44-48)77-59-36-15-12-33-56(59)74(69(77)73-67)47-23-20-28-51(43-47)80(49-24-5-3-6-25-49,50-26-7-4-8-27-50)65-41-21-32-55-68(65)79-64-40-18-11-31-54(64)71(55)52-29-9-16-38-62(52)78-63-39-17-10-30-53(63)71/h3-44H,1-2H3/i1D3,2D3. The summed E-state index contributed by atoms with van der Waals surface area (Å²) >= 11 is 0. The summed E-state index contributed by atoms with van der Waals surface area (Å²) in [5, 5.41) is 4.45. The third-order valence-corrected chi connectivity index (χ3v) is 21.6. The van der Waals surface area contributed by atoms with Gasteiger partial charge in [0.25, 0.3) is 0 Å². The molecule has 4 aromatic heterocycles. The Morgan fingerprint density at radius 2 is 0.850 bits per heavy atom. The molecule has 6 heterocycles. The highest BCUT2D eigenvalue weighted by Crippen LogP contribution is 2.61. The largest absolute Gasteiger partial charge is 0.457 e. The Morgan fingerprint density at radius 3 is 1.48 bits per heavy atom. The van der Waals surface area contributed by atoms with E-state index in [0.29, 0.717) is 39.3 Å². The van der Waals surface area contributed by atoms with Gasteiger partial charge in [0.15, 0.2) is 8.07 Å². The van der Waals surface area contributed by atoms with Crippen molar-refractivity contribution in [2.75, 3.05) is 0 Å². The van der Waals surface area contributed by atoms with Gasteiger partial charge in [-0.2, -0.15) is 0 Å². The molecule has 0 fully saturated rings. The molecule has 11 aromatic carbocycles. The number of rotatable bonds is 6. The van der Waals surface area contributed by atoms with Gasteiger partial charge in [0.1, 0.15) is 23.0 Å². The Balaban J connectivity index is 0.938. The zero-order valence-electron chi connectivity index (χ0n) is 48.7. The zero-order chi connectivity index (χ0) is 57.8. The average molecular weight is 1050 g/mol. The number of hydrogen-bond donors (Lipinski definition) is 0. The van der Waals surface area contributed by atoms with Gasteiger partial charge in [-0.1, -0.05) is 182 Å². The number of ether oxygens (including phenoxy) is 2. The molecule has 378 valence electrons. The summed E-state index contributed by atoms with van der Waals surface area (Å²) in [6.45, 7) is -5.03. The van der Waals surface area contributed by atoms with Crippen molar-refractivity contribution in [1.29, 1.82) is 0 Å². The molecule has 0 N–H and O–H groups in total. The summed E-state index contributed by atoms with van der Waals surface area (Å²) in [5.74, 6) is 4.10. The Kier molecular flexibility index (Phi) is 8.15. The molecule has 17 rings (SSSR count). The maximum atomic E-state index is 9.15. The first-order valence-electron chi connectivity index (χ1n) is 29.8. The molecule has 0 saturated heterocycles. The van der Waals surface area contributed by atoms with Crippen molar-refractivity contribution in [3.05, 3.63) is 288 Å². The number of aryl methyl sites for hydroxylation is 2. The second kappa shape index (κ2) is 16.6. The molecule has 15 aromatic rings. The van der Waals surface area contributed by atoms with E-state index >= 15 is 0 Å². The van der Waals surface area contributed by atoms with Crippen LogP contribution in [-0.2, 0) is 5.41 Å². The Bertz CT molecular complexity index is 5210. The third kappa shape index (κ3) is 5.88. The van der Waals surface area contributed by atoms with E-state index in [9.17, 15) is 0 Å². The van der Waals surface area contributed by atoms with E-state index in [1.807, 2.05) is 81.8 Å². The molecular weight excluding hydrogens is 997 g/mol. The molecule has 9 heteroatoms. The highest BCUT2D eigenvalue weighted by Gasteiger charge is 2.53. The van der Waals surface area contributed by atoms with Crippen molar-refractivity contribution in [3.8, 4) is 34.4 Å². The van der Waals surface area contributed by atoms with Gasteiger partial charge in [0.2, 0.25) is 11.6 Å². The Hall–Kier alpha value is -10.2. The summed E-state index contributed by atoms with van der Waals surface area (Å²) in [6, 6.07) is 87.2. The van der Waals surface area contributed by atoms with Crippen LogP contribution in [0.3, 0.4) is 0 Å². The topological polar surface area (TPSA) is 62.9 Å². The lowest BCUT2D eigenvalue weighted by Gasteiger charge is -2.46. The minimum Gasteiger partial charge on any atom is -0.457 e. The quantitative estimate of drug-likeness (QED) is 0.123. The van der Waals surface area contributed by atoms with E-state index in [2.05, 4.69) is 173 Å². The van der Waals surface area contributed by atoms with E-state index in [0.717, 1.165) is 93.8 Å². The van der Waals surface area contributed by atoms with Gasteiger partial charge < -0.3 is 9.47 Å². The lowest BCUT2D eigenvalue weighted by atomic mass is 9.62. The molecule has 80 heavy (non-hydrogen) atoms. The SMILES string of the molecule is [2H]C([2H])([2H])c1cccc2c1nc1n(-c3cc(C([2H])([2H])[2H])c4nc5n(-c6cccc([Si](c7ccccc7)(c7ccccc7)c7cccc8c7Oc7ccccc7C87c8ccccc8Oc8ccccc87)c6)c6ccccc6n5c4c3)c3ccccc3n21. The molecular formula is C71H48N6O2Si. The predicted molar refractivity (Wildman–Crippen MR) is 324 cm³/mol. The van der Waals surface area contributed by atoms with Gasteiger partial charge >= 0.3 is 0 Å². The van der Waals surface area contributed by atoms with Crippen molar-refractivity contribution < 1.29 is 17.7 Å². The van der Waals surface area contributed by atoms with Gasteiger partial charge in [-0.25, -0.2) is 9.97 Å². The molecule has 2 aliphatic heterocycles. The highest BCUT2D eigenvalue weighted by molar-refractivity contribution is 7.20.